The van der Waals surface area contributed by atoms with Crippen molar-refractivity contribution in [2.24, 2.45) is 0 Å². The van der Waals surface area contributed by atoms with Gasteiger partial charge in [0, 0.05) is 24.9 Å². The van der Waals surface area contributed by atoms with Crippen LogP contribution in [0.2, 0.25) is 0 Å². The molecule has 2 heterocycles. The second-order valence-electron chi connectivity index (χ2n) is 7.29. The van der Waals surface area contributed by atoms with Crippen LogP contribution in [0.3, 0.4) is 0 Å². The Morgan fingerprint density at radius 1 is 1.11 bits per heavy atom. The van der Waals surface area contributed by atoms with Crippen LogP contribution < -0.4 is 0 Å². The van der Waals surface area contributed by atoms with Gasteiger partial charge in [0.05, 0.1) is 15.6 Å². The number of hydrogen-bond acceptors (Lipinski definition) is 4. The van der Waals surface area contributed by atoms with Crippen molar-refractivity contribution in [3.05, 3.63) is 64.5 Å². The second kappa shape index (κ2) is 7.39. The molecule has 146 valence electrons. The molecule has 0 bridgehead atoms. The minimum absolute atomic E-state index is 0.0549. The number of rotatable bonds is 1. The van der Waals surface area contributed by atoms with E-state index in [1.54, 1.807) is 6.07 Å². The van der Waals surface area contributed by atoms with Crippen LogP contribution in [0.4, 0.5) is 0 Å². The number of fused-ring (bicyclic) bond motifs is 2. The Hall–Kier alpha value is -2.09. The average molecular weight is 415 g/mol. The van der Waals surface area contributed by atoms with Crippen LogP contribution >= 0.6 is 12.2 Å². The van der Waals surface area contributed by atoms with E-state index in [4.69, 9.17) is 17.2 Å². The summed E-state index contributed by atoms with van der Waals surface area (Å²) in [5.74, 6) is 0. The van der Waals surface area contributed by atoms with Gasteiger partial charge in [-0.2, -0.15) is 8.42 Å². The SMILES string of the molecule is CC(=S)N1CCC(=C2c3ccc(S(=O)(=O)O)cc3CCc3cccnc32)CC1. The Balaban J connectivity index is 1.88. The molecule has 1 fully saturated rings. The number of pyridine rings is 1. The molecule has 0 atom stereocenters. The summed E-state index contributed by atoms with van der Waals surface area (Å²) in [6, 6.07) is 8.95. The lowest BCUT2D eigenvalue weighted by Crippen LogP contribution is -2.33. The fourth-order valence-electron chi connectivity index (χ4n) is 4.14. The van der Waals surface area contributed by atoms with E-state index in [1.807, 2.05) is 25.3 Å². The maximum absolute atomic E-state index is 11.6. The zero-order chi connectivity index (χ0) is 19.9. The summed E-state index contributed by atoms with van der Waals surface area (Å²) >= 11 is 5.32. The molecule has 0 spiro atoms. The molecule has 7 heteroatoms. The monoisotopic (exact) mass is 414 g/mol. The normalized spacial score (nSPS) is 17.0. The molecule has 1 saturated heterocycles. The van der Waals surface area contributed by atoms with Crippen molar-refractivity contribution in [1.29, 1.82) is 0 Å². The molecule has 1 aliphatic heterocycles. The molecular weight excluding hydrogens is 392 g/mol. The quantitative estimate of drug-likeness (QED) is 0.567. The number of aromatic nitrogens is 1. The van der Waals surface area contributed by atoms with Gasteiger partial charge in [-0.1, -0.05) is 29.9 Å². The molecule has 2 aliphatic rings. The van der Waals surface area contributed by atoms with E-state index < -0.39 is 10.1 Å². The van der Waals surface area contributed by atoms with E-state index in [2.05, 4.69) is 11.0 Å². The molecule has 1 aliphatic carbocycles. The summed E-state index contributed by atoms with van der Waals surface area (Å²) in [5, 5.41) is 0. The van der Waals surface area contributed by atoms with Crippen LogP contribution in [0.1, 0.15) is 42.1 Å². The van der Waals surface area contributed by atoms with Gasteiger partial charge in [-0.25, -0.2) is 0 Å². The van der Waals surface area contributed by atoms with Crippen LogP contribution in [-0.2, 0) is 23.0 Å². The first-order valence-electron chi connectivity index (χ1n) is 9.37. The molecule has 0 unspecified atom stereocenters. The molecule has 28 heavy (non-hydrogen) atoms. The maximum Gasteiger partial charge on any atom is 0.294 e. The Morgan fingerprint density at radius 2 is 1.82 bits per heavy atom. The number of aryl methyl sites for hydroxylation is 2. The molecule has 1 N–H and O–H groups in total. The topological polar surface area (TPSA) is 70.5 Å². The third-order valence-corrected chi connectivity index (χ3v) is 6.71. The van der Waals surface area contributed by atoms with E-state index in [0.29, 0.717) is 6.42 Å². The first-order valence-corrected chi connectivity index (χ1v) is 11.2. The Kier molecular flexibility index (Phi) is 5.07. The van der Waals surface area contributed by atoms with Gasteiger partial charge < -0.3 is 4.90 Å². The predicted octanol–water partition coefficient (Wildman–Crippen LogP) is 3.67. The molecule has 5 nitrogen and oxygen atoms in total. The minimum Gasteiger partial charge on any atom is -0.366 e. The van der Waals surface area contributed by atoms with Crippen LogP contribution in [0.25, 0.3) is 5.57 Å². The van der Waals surface area contributed by atoms with E-state index >= 15 is 0 Å². The average Bonchev–Trinajstić information content (AvgIpc) is 2.83. The number of benzene rings is 1. The zero-order valence-electron chi connectivity index (χ0n) is 15.7. The fraction of sp³-hybridized carbons (Fsp3) is 0.333. The molecule has 2 aromatic rings. The molecule has 1 aromatic carbocycles. The molecule has 1 aromatic heterocycles. The molecular formula is C21H22N2O3S2. The number of thiocarbonyl (C=S) groups is 1. The largest absolute Gasteiger partial charge is 0.366 e. The molecule has 0 radical (unpaired) electrons. The van der Waals surface area contributed by atoms with Crippen molar-refractivity contribution < 1.29 is 13.0 Å². The third-order valence-electron chi connectivity index (χ3n) is 5.60. The lowest BCUT2D eigenvalue weighted by Gasteiger charge is -2.31. The van der Waals surface area contributed by atoms with Gasteiger partial charge in [-0.3, -0.25) is 9.54 Å². The summed E-state index contributed by atoms with van der Waals surface area (Å²) in [6.45, 7) is 3.73. The van der Waals surface area contributed by atoms with Crippen molar-refractivity contribution in [3.8, 4) is 0 Å². The van der Waals surface area contributed by atoms with Gasteiger partial charge in [-0.05, 0) is 67.5 Å². The highest BCUT2D eigenvalue weighted by molar-refractivity contribution is 7.85. The lowest BCUT2D eigenvalue weighted by molar-refractivity contribution is 0.393. The van der Waals surface area contributed by atoms with Crippen LogP contribution in [-0.4, -0.2) is 40.9 Å². The van der Waals surface area contributed by atoms with Gasteiger partial charge in [0.1, 0.15) is 0 Å². The maximum atomic E-state index is 11.6. The Labute approximate surface area is 170 Å². The first kappa shape index (κ1) is 19.2. The van der Waals surface area contributed by atoms with Gasteiger partial charge in [0.15, 0.2) is 0 Å². The highest BCUT2D eigenvalue weighted by atomic mass is 32.2. The van der Waals surface area contributed by atoms with Crippen molar-refractivity contribution >= 4 is 32.9 Å². The summed E-state index contributed by atoms with van der Waals surface area (Å²) in [6.07, 6.45) is 5.11. The van der Waals surface area contributed by atoms with E-state index in [0.717, 1.165) is 59.7 Å². The number of likely N-dealkylation sites (tertiary alicyclic amines) is 1. The van der Waals surface area contributed by atoms with E-state index in [9.17, 15) is 13.0 Å². The van der Waals surface area contributed by atoms with E-state index in [1.165, 1.54) is 17.2 Å². The Bertz CT molecular complexity index is 1080. The summed E-state index contributed by atoms with van der Waals surface area (Å²) in [4.78, 5) is 7.78. The minimum atomic E-state index is -4.23. The predicted molar refractivity (Wildman–Crippen MR) is 113 cm³/mol. The van der Waals surface area contributed by atoms with Crippen molar-refractivity contribution in [2.45, 2.75) is 37.5 Å². The molecule has 0 saturated carbocycles. The van der Waals surface area contributed by atoms with Gasteiger partial charge in [-0.15, -0.1) is 0 Å². The fourth-order valence-corrected chi connectivity index (χ4v) is 4.86. The van der Waals surface area contributed by atoms with Crippen LogP contribution in [0, 0.1) is 0 Å². The third kappa shape index (κ3) is 3.62. The van der Waals surface area contributed by atoms with Crippen molar-refractivity contribution in [2.75, 3.05) is 13.1 Å². The second-order valence-corrected chi connectivity index (χ2v) is 9.30. The number of piperidine rings is 1. The van der Waals surface area contributed by atoms with Crippen molar-refractivity contribution in [1.82, 2.24) is 9.88 Å². The standard InChI is InChI=1S/C21H22N2O3S2/c1-14(27)23-11-8-15(9-12-23)20-19-7-6-18(28(24,25)26)13-17(19)5-4-16-3-2-10-22-21(16)20/h2-3,6-7,10,13H,4-5,8-9,11-12H2,1H3,(H,24,25,26). The van der Waals surface area contributed by atoms with Crippen LogP contribution in [0.5, 0.6) is 0 Å². The first-order chi connectivity index (χ1) is 13.3. The summed E-state index contributed by atoms with van der Waals surface area (Å²) in [5.41, 5.74) is 6.56. The summed E-state index contributed by atoms with van der Waals surface area (Å²) in [7, 11) is -4.23. The smallest absolute Gasteiger partial charge is 0.294 e. The van der Waals surface area contributed by atoms with Crippen LogP contribution in [0.15, 0.2) is 47.0 Å². The van der Waals surface area contributed by atoms with E-state index in [-0.39, 0.29) is 4.90 Å². The van der Waals surface area contributed by atoms with Crippen molar-refractivity contribution in [3.63, 3.8) is 0 Å². The highest BCUT2D eigenvalue weighted by Gasteiger charge is 2.26. The Morgan fingerprint density at radius 3 is 2.50 bits per heavy atom. The summed E-state index contributed by atoms with van der Waals surface area (Å²) < 4.78 is 32.7. The molecule has 4 rings (SSSR count). The molecule has 0 amide bonds. The van der Waals surface area contributed by atoms with Gasteiger partial charge in [0.2, 0.25) is 0 Å². The van der Waals surface area contributed by atoms with Gasteiger partial charge >= 0.3 is 0 Å². The van der Waals surface area contributed by atoms with Gasteiger partial charge in [0.25, 0.3) is 10.1 Å². The highest BCUT2D eigenvalue weighted by Crippen LogP contribution is 2.38. The lowest BCUT2D eigenvalue weighted by atomic mass is 9.88. The zero-order valence-corrected chi connectivity index (χ0v) is 17.3. The number of nitrogens with zero attached hydrogens (tertiary/aromatic N) is 2. The number of hydrogen-bond donors (Lipinski definition) is 1.